The monoisotopic (exact) mass is 221 g/mol. The molecule has 0 aliphatic heterocycles. The minimum atomic E-state index is -3.31. The van der Waals surface area contributed by atoms with Gasteiger partial charge in [0.05, 0.1) is 0 Å². The molecule has 84 valence electrons. The molecule has 5 nitrogen and oxygen atoms in total. The van der Waals surface area contributed by atoms with Crippen molar-refractivity contribution in [1.29, 1.82) is 0 Å². The van der Waals surface area contributed by atoms with Crippen LogP contribution in [-0.4, -0.2) is 27.0 Å². The highest BCUT2D eigenvalue weighted by atomic mass is 32.2. The van der Waals surface area contributed by atoms with Crippen molar-refractivity contribution in [3.05, 3.63) is 0 Å². The molecule has 0 bridgehead atoms. The van der Waals surface area contributed by atoms with Crippen LogP contribution in [0.15, 0.2) is 0 Å². The van der Waals surface area contributed by atoms with E-state index in [1.165, 1.54) is 0 Å². The van der Waals surface area contributed by atoms with E-state index in [-0.39, 0.29) is 12.1 Å². The van der Waals surface area contributed by atoms with E-state index in [1.54, 1.807) is 13.8 Å². The molecule has 0 amide bonds. The molecule has 0 aromatic heterocycles. The predicted molar refractivity (Wildman–Crippen MR) is 55.9 cm³/mol. The maximum Gasteiger partial charge on any atom is 0.277 e. The summed E-state index contributed by atoms with van der Waals surface area (Å²) in [5, 5.41) is 0. The van der Waals surface area contributed by atoms with Crippen molar-refractivity contribution in [1.82, 2.24) is 9.44 Å². The average Bonchev–Trinajstić information content (AvgIpc) is 1.93. The average molecular weight is 221 g/mol. The first kappa shape index (κ1) is 11.9. The van der Waals surface area contributed by atoms with Crippen LogP contribution in [0.2, 0.25) is 0 Å². The zero-order chi connectivity index (χ0) is 10.8. The Kier molecular flexibility index (Phi) is 3.88. The van der Waals surface area contributed by atoms with Gasteiger partial charge in [-0.2, -0.15) is 13.1 Å². The van der Waals surface area contributed by atoms with E-state index in [4.69, 9.17) is 5.73 Å². The Bertz CT molecular complexity index is 270. The second-order valence-corrected chi connectivity index (χ2v) is 5.75. The molecule has 0 spiro atoms. The van der Waals surface area contributed by atoms with Gasteiger partial charge >= 0.3 is 0 Å². The normalized spacial score (nSPS) is 27.7. The third-order valence-electron chi connectivity index (χ3n) is 2.23. The Morgan fingerprint density at radius 1 is 1.43 bits per heavy atom. The molecule has 1 fully saturated rings. The number of rotatable bonds is 5. The highest BCUT2D eigenvalue weighted by Gasteiger charge is 2.26. The molecule has 4 N–H and O–H groups in total. The summed E-state index contributed by atoms with van der Waals surface area (Å²) in [5.74, 6) is 0.411. The zero-order valence-corrected chi connectivity index (χ0v) is 9.47. The molecule has 14 heavy (non-hydrogen) atoms. The molecule has 1 rings (SSSR count). The fraction of sp³-hybridized carbons (Fsp3) is 1.00. The first-order valence-electron chi connectivity index (χ1n) is 4.91. The Morgan fingerprint density at radius 2 is 2.00 bits per heavy atom. The second kappa shape index (κ2) is 4.57. The van der Waals surface area contributed by atoms with E-state index in [0.717, 1.165) is 12.8 Å². The summed E-state index contributed by atoms with van der Waals surface area (Å²) < 4.78 is 27.6. The fourth-order valence-electron chi connectivity index (χ4n) is 1.53. The number of nitrogens with two attached hydrogens (primary N) is 1. The lowest BCUT2D eigenvalue weighted by Gasteiger charge is -2.32. The van der Waals surface area contributed by atoms with Gasteiger partial charge < -0.3 is 5.73 Å². The largest absolute Gasteiger partial charge is 0.328 e. The molecule has 1 aliphatic carbocycles. The summed E-state index contributed by atoms with van der Waals surface area (Å²) in [4.78, 5) is 0. The molecular formula is C8H19N3O2S. The van der Waals surface area contributed by atoms with Gasteiger partial charge in [-0.3, -0.25) is 0 Å². The molecule has 6 heteroatoms. The summed E-state index contributed by atoms with van der Waals surface area (Å²) in [7, 11) is -3.31. The van der Waals surface area contributed by atoms with Gasteiger partial charge in [-0.25, -0.2) is 4.72 Å². The predicted octanol–water partition coefficient (Wildman–Crippen LogP) is -0.444. The van der Waals surface area contributed by atoms with Crippen molar-refractivity contribution in [2.24, 2.45) is 11.7 Å². The summed E-state index contributed by atoms with van der Waals surface area (Å²) in [6.45, 7) is 4.08. The lowest BCUT2D eigenvalue weighted by atomic mass is 9.81. The lowest BCUT2D eigenvalue weighted by molar-refractivity contribution is 0.266. The standard InChI is InChI=1S/C8H19N3O2S/c1-6(2)11-14(12,13)10-5-7-3-8(9)4-7/h6-8,10-11H,3-5,9H2,1-2H3. The van der Waals surface area contributed by atoms with Crippen LogP contribution in [0.25, 0.3) is 0 Å². The maximum absolute atomic E-state index is 11.3. The van der Waals surface area contributed by atoms with Crippen molar-refractivity contribution in [2.45, 2.75) is 38.8 Å². The summed E-state index contributed by atoms with van der Waals surface area (Å²) in [5.41, 5.74) is 5.60. The van der Waals surface area contributed by atoms with E-state index < -0.39 is 10.2 Å². The van der Waals surface area contributed by atoms with Crippen LogP contribution in [0, 0.1) is 5.92 Å². The first-order valence-corrected chi connectivity index (χ1v) is 6.40. The van der Waals surface area contributed by atoms with Gasteiger partial charge in [0.1, 0.15) is 0 Å². The minimum absolute atomic E-state index is 0.0730. The van der Waals surface area contributed by atoms with Crippen LogP contribution in [0.1, 0.15) is 26.7 Å². The van der Waals surface area contributed by atoms with Gasteiger partial charge in [-0.15, -0.1) is 0 Å². The molecule has 1 saturated carbocycles. The fourth-order valence-corrected chi connectivity index (χ4v) is 2.69. The Labute approximate surface area is 85.6 Å². The molecule has 0 atom stereocenters. The molecule has 0 radical (unpaired) electrons. The summed E-state index contributed by atoms with van der Waals surface area (Å²) >= 11 is 0. The lowest BCUT2D eigenvalue weighted by Crippen LogP contribution is -2.46. The molecule has 0 saturated heterocycles. The van der Waals surface area contributed by atoms with Crippen molar-refractivity contribution in [3.63, 3.8) is 0 Å². The molecule has 1 aliphatic rings. The van der Waals surface area contributed by atoms with Gasteiger partial charge in [0, 0.05) is 18.6 Å². The maximum atomic E-state index is 11.3. The van der Waals surface area contributed by atoms with Crippen molar-refractivity contribution >= 4 is 10.2 Å². The molecule has 0 heterocycles. The zero-order valence-electron chi connectivity index (χ0n) is 8.66. The second-order valence-electron chi connectivity index (χ2n) is 4.22. The van der Waals surface area contributed by atoms with Gasteiger partial charge in [0.2, 0.25) is 0 Å². The van der Waals surface area contributed by atoms with Gasteiger partial charge in [0.15, 0.2) is 0 Å². The minimum Gasteiger partial charge on any atom is -0.328 e. The van der Waals surface area contributed by atoms with Gasteiger partial charge in [-0.05, 0) is 32.6 Å². The van der Waals surface area contributed by atoms with E-state index in [9.17, 15) is 8.42 Å². The topological polar surface area (TPSA) is 84.2 Å². The Balaban J connectivity index is 2.23. The van der Waals surface area contributed by atoms with Crippen molar-refractivity contribution in [3.8, 4) is 0 Å². The van der Waals surface area contributed by atoms with E-state index >= 15 is 0 Å². The van der Waals surface area contributed by atoms with Crippen LogP contribution in [0.5, 0.6) is 0 Å². The summed E-state index contributed by atoms with van der Waals surface area (Å²) in [6.07, 6.45) is 1.84. The van der Waals surface area contributed by atoms with Crippen LogP contribution >= 0.6 is 0 Å². The smallest absolute Gasteiger partial charge is 0.277 e. The Morgan fingerprint density at radius 3 is 2.43 bits per heavy atom. The van der Waals surface area contributed by atoms with Gasteiger partial charge in [-0.1, -0.05) is 0 Å². The van der Waals surface area contributed by atoms with Crippen LogP contribution < -0.4 is 15.2 Å². The van der Waals surface area contributed by atoms with Crippen LogP contribution in [0.4, 0.5) is 0 Å². The van der Waals surface area contributed by atoms with Crippen molar-refractivity contribution in [2.75, 3.05) is 6.54 Å². The molecule has 0 unspecified atom stereocenters. The number of hydrogen-bond acceptors (Lipinski definition) is 3. The van der Waals surface area contributed by atoms with Gasteiger partial charge in [0.25, 0.3) is 10.2 Å². The number of nitrogens with one attached hydrogen (secondary N) is 2. The highest BCUT2D eigenvalue weighted by Crippen LogP contribution is 2.24. The Hall–Kier alpha value is -0.170. The number of hydrogen-bond donors (Lipinski definition) is 3. The van der Waals surface area contributed by atoms with Crippen LogP contribution in [-0.2, 0) is 10.2 Å². The molecule has 0 aromatic carbocycles. The third-order valence-corrected chi connectivity index (χ3v) is 3.55. The summed E-state index contributed by atoms with van der Waals surface area (Å²) in [6, 6.07) is 0.193. The molecular weight excluding hydrogens is 202 g/mol. The SMILES string of the molecule is CC(C)NS(=O)(=O)NCC1CC(N)C1. The molecule has 0 aromatic rings. The van der Waals surface area contributed by atoms with Crippen molar-refractivity contribution < 1.29 is 8.42 Å². The van der Waals surface area contributed by atoms with E-state index in [0.29, 0.717) is 12.5 Å². The first-order chi connectivity index (χ1) is 6.39. The van der Waals surface area contributed by atoms with E-state index in [1.807, 2.05) is 0 Å². The third kappa shape index (κ3) is 3.91. The quantitative estimate of drug-likeness (QED) is 0.588. The van der Waals surface area contributed by atoms with E-state index in [2.05, 4.69) is 9.44 Å². The highest BCUT2D eigenvalue weighted by molar-refractivity contribution is 7.87. The van der Waals surface area contributed by atoms with Crippen LogP contribution in [0.3, 0.4) is 0 Å².